The molecular formula is C11H10N2O3. The summed E-state index contributed by atoms with van der Waals surface area (Å²) in [7, 11) is 1.58. The topological polar surface area (TPSA) is 75.1 Å². The Morgan fingerprint density at radius 3 is 2.62 bits per heavy atom. The summed E-state index contributed by atoms with van der Waals surface area (Å²) in [5, 5.41) is 11.8. The molecule has 5 nitrogen and oxygen atoms in total. The third-order valence-electron chi connectivity index (χ3n) is 2.33. The fourth-order valence-electron chi connectivity index (χ4n) is 1.53. The molecule has 5 heteroatoms. The molecule has 0 aliphatic rings. The number of nitrogens with zero attached hydrogens (tertiary/aromatic N) is 1. The van der Waals surface area contributed by atoms with Crippen LogP contribution in [0.25, 0.3) is 11.3 Å². The lowest BCUT2D eigenvalue weighted by atomic mass is 10.1. The summed E-state index contributed by atoms with van der Waals surface area (Å²) in [6.45, 7) is 0. The van der Waals surface area contributed by atoms with Crippen molar-refractivity contribution in [2.24, 2.45) is 7.05 Å². The van der Waals surface area contributed by atoms with Crippen LogP contribution in [0.1, 0.15) is 10.4 Å². The zero-order valence-electron chi connectivity index (χ0n) is 8.60. The molecule has 0 aliphatic carbocycles. The highest BCUT2D eigenvalue weighted by Gasteiger charge is 2.12. The number of hydrogen-bond donors (Lipinski definition) is 2. The lowest BCUT2D eigenvalue weighted by molar-refractivity contribution is 0.0697. The van der Waals surface area contributed by atoms with Gasteiger partial charge in [-0.25, -0.2) is 4.79 Å². The van der Waals surface area contributed by atoms with Gasteiger partial charge in [-0.1, -0.05) is 18.2 Å². The number of carbonyl (C=O) groups is 1. The molecule has 0 unspecified atom stereocenters. The van der Waals surface area contributed by atoms with Gasteiger partial charge in [-0.15, -0.1) is 0 Å². The quantitative estimate of drug-likeness (QED) is 0.791. The number of aromatic carboxylic acids is 1. The second-order valence-electron chi connectivity index (χ2n) is 3.42. The van der Waals surface area contributed by atoms with Crippen LogP contribution in [0.15, 0.2) is 35.1 Å². The van der Waals surface area contributed by atoms with E-state index in [0.29, 0.717) is 11.3 Å². The lowest BCUT2D eigenvalue weighted by Crippen LogP contribution is -2.09. The van der Waals surface area contributed by atoms with E-state index in [1.165, 1.54) is 16.8 Å². The van der Waals surface area contributed by atoms with Crippen LogP contribution in [0.2, 0.25) is 0 Å². The Bertz CT molecular complexity index is 595. The lowest BCUT2D eigenvalue weighted by Gasteiger charge is -2.02. The van der Waals surface area contributed by atoms with Crippen molar-refractivity contribution in [3.63, 3.8) is 0 Å². The van der Waals surface area contributed by atoms with Gasteiger partial charge in [0.1, 0.15) is 0 Å². The van der Waals surface area contributed by atoms with Crippen molar-refractivity contribution in [1.82, 2.24) is 9.78 Å². The molecule has 1 aromatic heterocycles. The number of carboxylic acid groups (broad SMARTS) is 1. The Kier molecular flexibility index (Phi) is 2.36. The van der Waals surface area contributed by atoms with Crippen LogP contribution in [0.4, 0.5) is 0 Å². The molecule has 16 heavy (non-hydrogen) atoms. The summed E-state index contributed by atoms with van der Waals surface area (Å²) in [4.78, 5) is 22.3. The first-order valence-corrected chi connectivity index (χ1v) is 4.68. The first kappa shape index (κ1) is 10.2. The maximum atomic E-state index is 11.3. The average molecular weight is 218 g/mol. The molecule has 2 N–H and O–H groups in total. The Hall–Kier alpha value is -2.30. The predicted molar refractivity (Wildman–Crippen MR) is 58.4 cm³/mol. The fourth-order valence-corrected chi connectivity index (χ4v) is 1.53. The average Bonchev–Trinajstić information content (AvgIpc) is 2.59. The van der Waals surface area contributed by atoms with Gasteiger partial charge in [0.15, 0.2) is 0 Å². The van der Waals surface area contributed by atoms with E-state index in [-0.39, 0.29) is 11.1 Å². The molecule has 0 radical (unpaired) electrons. The smallest absolute Gasteiger partial charge is 0.336 e. The number of benzene rings is 1. The highest BCUT2D eigenvalue weighted by atomic mass is 16.4. The van der Waals surface area contributed by atoms with E-state index in [0.717, 1.165) is 0 Å². The zero-order chi connectivity index (χ0) is 11.7. The van der Waals surface area contributed by atoms with Gasteiger partial charge in [0.05, 0.1) is 11.3 Å². The molecule has 2 rings (SSSR count). The van der Waals surface area contributed by atoms with E-state index in [4.69, 9.17) is 5.11 Å². The summed E-state index contributed by atoms with van der Waals surface area (Å²) in [6, 6.07) is 7.92. The molecule has 0 fully saturated rings. The molecule has 0 aliphatic heterocycles. The summed E-state index contributed by atoms with van der Waals surface area (Å²) < 4.78 is 1.30. The Morgan fingerprint density at radius 1 is 1.38 bits per heavy atom. The van der Waals surface area contributed by atoms with Crippen LogP contribution >= 0.6 is 0 Å². The van der Waals surface area contributed by atoms with Crippen molar-refractivity contribution in [1.29, 1.82) is 0 Å². The van der Waals surface area contributed by atoms with Gasteiger partial charge < -0.3 is 5.11 Å². The zero-order valence-corrected chi connectivity index (χ0v) is 8.60. The van der Waals surface area contributed by atoms with Crippen LogP contribution in [0.5, 0.6) is 0 Å². The number of aromatic amines is 1. The summed E-state index contributed by atoms with van der Waals surface area (Å²) >= 11 is 0. The summed E-state index contributed by atoms with van der Waals surface area (Å²) in [6.07, 6.45) is 0. The van der Waals surface area contributed by atoms with E-state index in [2.05, 4.69) is 5.10 Å². The predicted octanol–water partition coefficient (Wildman–Crippen LogP) is 1.08. The molecule has 0 amide bonds. The Balaban J connectivity index is 2.64. The normalized spacial score (nSPS) is 10.3. The van der Waals surface area contributed by atoms with Crippen molar-refractivity contribution in [3.8, 4) is 11.3 Å². The molecule has 82 valence electrons. The second kappa shape index (κ2) is 3.69. The van der Waals surface area contributed by atoms with E-state index < -0.39 is 5.97 Å². The van der Waals surface area contributed by atoms with Crippen molar-refractivity contribution in [2.45, 2.75) is 0 Å². The van der Waals surface area contributed by atoms with Gasteiger partial charge in [-0.05, 0) is 6.07 Å². The largest absolute Gasteiger partial charge is 0.478 e. The molecule has 0 spiro atoms. The third-order valence-corrected chi connectivity index (χ3v) is 2.33. The van der Waals surface area contributed by atoms with E-state index >= 15 is 0 Å². The molecule has 1 heterocycles. The van der Waals surface area contributed by atoms with Crippen molar-refractivity contribution < 1.29 is 9.90 Å². The standard InChI is InChI=1S/C11H10N2O3/c1-13-10(14)6-9(12-13)7-4-2-3-5-8(7)11(15)16/h2-6,12H,1H3,(H,15,16). The van der Waals surface area contributed by atoms with Crippen molar-refractivity contribution in [3.05, 3.63) is 46.2 Å². The molecular weight excluding hydrogens is 208 g/mol. The number of rotatable bonds is 2. The van der Waals surface area contributed by atoms with Gasteiger partial charge in [-0.2, -0.15) is 0 Å². The van der Waals surface area contributed by atoms with Gasteiger partial charge in [0.2, 0.25) is 0 Å². The number of H-pyrrole nitrogens is 1. The number of nitrogens with one attached hydrogen (secondary N) is 1. The van der Waals surface area contributed by atoms with Crippen LogP contribution in [-0.4, -0.2) is 20.9 Å². The Morgan fingerprint density at radius 2 is 2.06 bits per heavy atom. The Labute approximate surface area is 90.9 Å². The minimum absolute atomic E-state index is 0.171. The van der Waals surface area contributed by atoms with Gasteiger partial charge in [0, 0.05) is 18.7 Å². The SMILES string of the molecule is Cn1[nH]c(-c2ccccc2C(=O)O)cc1=O. The summed E-state index contributed by atoms with van der Waals surface area (Å²) in [5.41, 5.74) is 0.984. The van der Waals surface area contributed by atoms with Crippen LogP contribution in [0, 0.1) is 0 Å². The molecule has 0 saturated heterocycles. The van der Waals surface area contributed by atoms with Crippen LogP contribution in [0.3, 0.4) is 0 Å². The maximum absolute atomic E-state index is 11.3. The van der Waals surface area contributed by atoms with Gasteiger partial charge >= 0.3 is 5.97 Å². The van der Waals surface area contributed by atoms with Crippen molar-refractivity contribution in [2.75, 3.05) is 0 Å². The second-order valence-corrected chi connectivity index (χ2v) is 3.42. The fraction of sp³-hybridized carbons (Fsp3) is 0.0909. The van der Waals surface area contributed by atoms with Crippen LogP contribution in [-0.2, 0) is 7.05 Å². The highest BCUT2D eigenvalue weighted by molar-refractivity contribution is 5.95. The maximum Gasteiger partial charge on any atom is 0.336 e. The van der Waals surface area contributed by atoms with Crippen molar-refractivity contribution >= 4 is 5.97 Å². The van der Waals surface area contributed by atoms with Gasteiger partial charge in [-0.3, -0.25) is 14.6 Å². The number of aromatic nitrogens is 2. The molecule has 1 aromatic carbocycles. The molecule has 2 aromatic rings. The van der Waals surface area contributed by atoms with Crippen LogP contribution < -0.4 is 5.56 Å². The van der Waals surface area contributed by atoms with E-state index in [1.54, 1.807) is 25.2 Å². The number of carboxylic acids is 1. The molecule has 0 saturated carbocycles. The van der Waals surface area contributed by atoms with E-state index in [9.17, 15) is 9.59 Å². The van der Waals surface area contributed by atoms with Gasteiger partial charge in [0.25, 0.3) is 5.56 Å². The first-order valence-electron chi connectivity index (χ1n) is 4.68. The molecule has 0 atom stereocenters. The minimum Gasteiger partial charge on any atom is -0.478 e. The monoisotopic (exact) mass is 218 g/mol. The summed E-state index contributed by atoms with van der Waals surface area (Å²) in [5.74, 6) is -1.01. The number of aryl methyl sites for hydroxylation is 1. The van der Waals surface area contributed by atoms with E-state index in [1.807, 2.05) is 0 Å². The minimum atomic E-state index is -1.01. The number of hydrogen-bond acceptors (Lipinski definition) is 2. The first-order chi connectivity index (χ1) is 7.59. The molecule has 0 bridgehead atoms. The highest BCUT2D eigenvalue weighted by Crippen LogP contribution is 2.20. The third kappa shape index (κ3) is 1.63.